The summed E-state index contributed by atoms with van der Waals surface area (Å²) in [6.45, 7) is 10.9. The van der Waals surface area contributed by atoms with Gasteiger partial charge in [-0.05, 0) is 19.4 Å². The molecule has 4 heteroatoms. The fraction of sp³-hybridized carbons (Fsp3) is 0.500. The number of likely N-dealkylation sites (N-methyl/N-ethyl adjacent to an activating group) is 1. The summed E-state index contributed by atoms with van der Waals surface area (Å²) in [4.78, 5) is 30.2. The highest BCUT2D eigenvalue weighted by molar-refractivity contribution is 6.10. The van der Waals surface area contributed by atoms with Crippen LogP contribution in [0.1, 0.15) is 19.8 Å². The zero-order valence-electron chi connectivity index (χ0n) is 9.36. The third kappa shape index (κ3) is 1.90. The minimum Gasteiger partial charge on any atom is -0.289 e. The molecule has 2 atom stereocenters. The number of ketones is 1. The summed E-state index contributed by atoms with van der Waals surface area (Å²) in [5.41, 5.74) is 1.50. The highest BCUT2D eigenvalue weighted by Gasteiger charge is 2.43. The molecule has 86 valence electrons. The maximum absolute atomic E-state index is 11.6. The summed E-state index contributed by atoms with van der Waals surface area (Å²) in [5.74, 6) is 0.109. The Morgan fingerprint density at radius 3 is 1.94 bits per heavy atom. The predicted octanol–water partition coefficient (Wildman–Crippen LogP) is 0.951. The Morgan fingerprint density at radius 1 is 1.25 bits per heavy atom. The van der Waals surface area contributed by atoms with Gasteiger partial charge in [0.2, 0.25) is 0 Å². The molecule has 2 bridgehead atoms. The monoisotopic (exact) mass is 221 g/mol. The van der Waals surface area contributed by atoms with E-state index in [1.165, 1.54) is 0 Å². The van der Waals surface area contributed by atoms with Gasteiger partial charge in [0.1, 0.15) is 0 Å². The number of carbonyl (C=O) groups excluding carboxylic acids is 3. The second-order valence-corrected chi connectivity index (χ2v) is 3.90. The number of hydrogen-bond donors (Lipinski definition) is 0. The van der Waals surface area contributed by atoms with Crippen molar-refractivity contribution in [2.45, 2.75) is 31.8 Å². The number of nitrogens with zero attached hydrogens (tertiary/aromatic N) is 1. The minimum atomic E-state index is 0.109. The van der Waals surface area contributed by atoms with E-state index in [2.05, 4.69) is 25.0 Å². The van der Waals surface area contributed by atoms with E-state index in [-0.39, 0.29) is 11.9 Å². The molecule has 0 radical (unpaired) electrons. The lowest BCUT2D eigenvalue weighted by Gasteiger charge is -2.35. The largest absolute Gasteiger partial charge is 0.373 e. The van der Waals surface area contributed by atoms with E-state index in [4.69, 9.17) is 9.59 Å². The molecular weight excluding hydrogens is 206 g/mol. The highest BCUT2D eigenvalue weighted by Crippen LogP contribution is 2.38. The average Bonchev–Trinajstić information content (AvgIpc) is 2.65. The number of carbonyl (C=O) groups is 1. The molecular formula is C12H15NO3. The van der Waals surface area contributed by atoms with Gasteiger partial charge in [-0.15, -0.1) is 0 Å². The van der Waals surface area contributed by atoms with Crippen LogP contribution < -0.4 is 0 Å². The highest BCUT2D eigenvalue weighted by atomic mass is 16.2. The van der Waals surface area contributed by atoms with E-state index in [0.717, 1.165) is 30.5 Å². The lowest BCUT2D eigenvalue weighted by Crippen LogP contribution is -2.45. The summed E-state index contributed by atoms with van der Waals surface area (Å²) in [5, 5.41) is 0. The van der Waals surface area contributed by atoms with Gasteiger partial charge in [-0.25, -0.2) is 0 Å². The summed E-state index contributed by atoms with van der Waals surface area (Å²) < 4.78 is 0. The van der Waals surface area contributed by atoms with Crippen molar-refractivity contribution in [3.8, 4) is 0 Å². The lowest BCUT2D eigenvalue weighted by molar-refractivity contribution is -0.191. The van der Waals surface area contributed by atoms with Gasteiger partial charge in [0, 0.05) is 23.2 Å². The third-order valence-electron chi connectivity index (χ3n) is 3.27. The van der Waals surface area contributed by atoms with Gasteiger partial charge >= 0.3 is 6.15 Å². The van der Waals surface area contributed by atoms with Crippen molar-refractivity contribution in [2.75, 3.05) is 6.54 Å². The fourth-order valence-electron chi connectivity index (χ4n) is 2.56. The van der Waals surface area contributed by atoms with Crippen molar-refractivity contribution >= 4 is 11.9 Å². The maximum atomic E-state index is 11.6. The molecule has 0 saturated carbocycles. The summed E-state index contributed by atoms with van der Waals surface area (Å²) in [6, 6.07) is 0.598. The molecule has 2 fully saturated rings. The molecule has 2 aliphatic rings. The standard InChI is InChI=1S/C11H15NO.CO2/c1-4-12-9-5-6-10(12)8(3)11(13)7(9)2;2-1-3/h9-10H,2-6H2,1H3;. The van der Waals surface area contributed by atoms with Gasteiger partial charge in [-0.3, -0.25) is 9.69 Å². The smallest absolute Gasteiger partial charge is 0.289 e. The van der Waals surface area contributed by atoms with Crippen molar-refractivity contribution < 1.29 is 14.4 Å². The summed E-state index contributed by atoms with van der Waals surface area (Å²) in [7, 11) is 0. The van der Waals surface area contributed by atoms with Crippen molar-refractivity contribution in [1.82, 2.24) is 4.90 Å². The Balaban J connectivity index is 0.000000386. The normalized spacial score (nSPS) is 28.4. The van der Waals surface area contributed by atoms with Crippen LogP contribution in [0.25, 0.3) is 0 Å². The molecule has 2 unspecified atom stereocenters. The van der Waals surface area contributed by atoms with Crippen molar-refractivity contribution in [3.05, 3.63) is 24.3 Å². The van der Waals surface area contributed by atoms with E-state index in [0.29, 0.717) is 12.1 Å². The second-order valence-electron chi connectivity index (χ2n) is 3.90. The molecule has 2 rings (SSSR count). The van der Waals surface area contributed by atoms with Crippen LogP contribution in [-0.2, 0) is 14.4 Å². The van der Waals surface area contributed by atoms with Gasteiger partial charge in [-0.1, -0.05) is 20.1 Å². The lowest BCUT2D eigenvalue weighted by atomic mass is 9.93. The molecule has 0 aromatic carbocycles. The molecule has 0 aromatic rings. The van der Waals surface area contributed by atoms with Crippen LogP contribution in [0.15, 0.2) is 24.3 Å². The van der Waals surface area contributed by atoms with Crippen LogP contribution in [0.3, 0.4) is 0 Å². The molecule has 0 aromatic heterocycles. The molecule has 2 aliphatic heterocycles. The Labute approximate surface area is 94.6 Å². The first-order valence-electron chi connectivity index (χ1n) is 5.25. The molecule has 2 heterocycles. The third-order valence-corrected chi connectivity index (χ3v) is 3.27. The van der Waals surface area contributed by atoms with Gasteiger partial charge in [0.05, 0.1) is 0 Å². The predicted molar refractivity (Wildman–Crippen MR) is 57.5 cm³/mol. The summed E-state index contributed by atoms with van der Waals surface area (Å²) >= 11 is 0. The van der Waals surface area contributed by atoms with Crippen LogP contribution >= 0.6 is 0 Å². The Morgan fingerprint density at radius 2 is 1.62 bits per heavy atom. The SMILES string of the molecule is C=C1C(=O)C(=C)C2CCC1N2CC.O=C=O. The zero-order chi connectivity index (χ0) is 12.3. The summed E-state index contributed by atoms with van der Waals surface area (Å²) in [6.07, 6.45) is 2.39. The zero-order valence-corrected chi connectivity index (χ0v) is 9.36. The molecule has 16 heavy (non-hydrogen) atoms. The van der Waals surface area contributed by atoms with Crippen LogP contribution in [0, 0.1) is 0 Å². The molecule has 0 spiro atoms. The molecule has 4 nitrogen and oxygen atoms in total. The average molecular weight is 221 g/mol. The number of piperidine rings is 1. The van der Waals surface area contributed by atoms with Crippen molar-refractivity contribution in [1.29, 1.82) is 0 Å². The first-order chi connectivity index (χ1) is 7.58. The van der Waals surface area contributed by atoms with Gasteiger partial charge in [0.15, 0.2) is 5.78 Å². The van der Waals surface area contributed by atoms with Crippen molar-refractivity contribution in [3.63, 3.8) is 0 Å². The molecule has 0 N–H and O–H groups in total. The van der Waals surface area contributed by atoms with E-state index in [9.17, 15) is 4.79 Å². The van der Waals surface area contributed by atoms with Crippen LogP contribution in [-0.4, -0.2) is 35.5 Å². The quantitative estimate of drug-likeness (QED) is 0.619. The number of hydrogen-bond acceptors (Lipinski definition) is 4. The van der Waals surface area contributed by atoms with Crippen LogP contribution in [0.4, 0.5) is 0 Å². The molecule has 0 aliphatic carbocycles. The van der Waals surface area contributed by atoms with Gasteiger partial charge in [-0.2, -0.15) is 9.59 Å². The van der Waals surface area contributed by atoms with E-state index in [1.54, 1.807) is 0 Å². The fourth-order valence-corrected chi connectivity index (χ4v) is 2.56. The Bertz CT molecular complexity index is 340. The van der Waals surface area contributed by atoms with Gasteiger partial charge < -0.3 is 0 Å². The van der Waals surface area contributed by atoms with Crippen LogP contribution in [0.5, 0.6) is 0 Å². The molecule has 2 saturated heterocycles. The first kappa shape index (κ1) is 12.6. The molecule has 0 amide bonds. The van der Waals surface area contributed by atoms with Gasteiger partial charge in [0.25, 0.3) is 0 Å². The van der Waals surface area contributed by atoms with Crippen molar-refractivity contribution in [2.24, 2.45) is 0 Å². The van der Waals surface area contributed by atoms with E-state index >= 15 is 0 Å². The Hall–Kier alpha value is -1.51. The maximum Gasteiger partial charge on any atom is 0.373 e. The topological polar surface area (TPSA) is 54.5 Å². The van der Waals surface area contributed by atoms with Crippen LogP contribution in [0.2, 0.25) is 0 Å². The second kappa shape index (κ2) is 5.01. The number of Topliss-reactive ketones (excluding diaryl/α,β-unsaturated/α-hetero) is 1. The number of fused-ring (bicyclic) bond motifs is 2. The minimum absolute atomic E-state index is 0.109. The first-order valence-corrected chi connectivity index (χ1v) is 5.25. The van der Waals surface area contributed by atoms with E-state index in [1.807, 2.05) is 0 Å². The Kier molecular flexibility index (Phi) is 3.93. The number of rotatable bonds is 1. The van der Waals surface area contributed by atoms with E-state index < -0.39 is 0 Å².